The molecule has 0 spiro atoms. The van der Waals surface area contributed by atoms with E-state index in [9.17, 15) is 4.79 Å². The molecule has 1 aromatic heterocycles. The summed E-state index contributed by atoms with van der Waals surface area (Å²) >= 11 is 4.64. The normalized spacial score (nSPS) is 10.0. The van der Waals surface area contributed by atoms with Crippen molar-refractivity contribution in [1.29, 1.82) is 0 Å². The first-order valence-corrected chi connectivity index (χ1v) is 9.41. The van der Waals surface area contributed by atoms with Gasteiger partial charge < -0.3 is 9.15 Å². The quantitative estimate of drug-likeness (QED) is 0.339. The Labute approximate surface area is 163 Å². The van der Waals surface area contributed by atoms with Gasteiger partial charge in [0.25, 0.3) is 5.22 Å². The Kier molecular flexibility index (Phi) is 6.47. The van der Waals surface area contributed by atoms with Crippen molar-refractivity contribution >= 4 is 33.7 Å². The van der Waals surface area contributed by atoms with E-state index in [2.05, 4.69) is 38.0 Å². The molecule has 0 fully saturated rings. The lowest BCUT2D eigenvalue weighted by molar-refractivity contribution is 0.0555. The molecule has 0 bridgehead atoms. The summed E-state index contributed by atoms with van der Waals surface area (Å²) in [5, 5.41) is 8.43. The zero-order valence-electron chi connectivity index (χ0n) is 13.5. The highest BCUT2D eigenvalue weighted by molar-refractivity contribution is 9.10. The van der Waals surface area contributed by atoms with Crippen LogP contribution in [0.3, 0.4) is 0 Å². The van der Waals surface area contributed by atoms with E-state index in [4.69, 9.17) is 9.15 Å². The third-order valence-electron chi connectivity index (χ3n) is 3.19. The molecule has 0 saturated heterocycles. The van der Waals surface area contributed by atoms with Gasteiger partial charge in [0.2, 0.25) is 5.89 Å². The minimum atomic E-state index is -0.413. The average molecular weight is 429 g/mol. The number of rotatable bonds is 5. The van der Waals surface area contributed by atoms with Gasteiger partial charge in [-0.3, -0.25) is 0 Å². The first-order valence-electron chi connectivity index (χ1n) is 7.63. The van der Waals surface area contributed by atoms with Crippen molar-refractivity contribution in [2.75, 3.05) is 12.4 Å². The Bertz CT molecular complexity index is 948. The van der Waals surface area contributed by atoms with Gasteiger partial charge in [0, 0.05) is 10.0 Å². The Morgan fingerprint density at radius 3 is 2.65 bits per heavy atom. The maximum absolute atomic E-state index is 11.9. The first kappa shape index (κ1) is 18.2. The summed E-state index contributed by atoms with van der Waals surface area (Å²) in [6.07, 6.45) is 0. The average Bonchev–Trinajstić information content (AvgIpc) is 3.14. The zero-order valence-corrected chi connectivity index (χ0v) is 15.9. The minimum absolute atomic E-state index is 0.0276. The molecule has 26 heavy (non-hydrogen) atoms. The maximum atomic E-state index is 11.9. The van der Waals surface area contributed by atoms with Crippen LogP contribution in [0.15, 0.2) is 68.7 Å². The van der Waals surface area contributed by atoms with Gasteiger partial charge in [-0.25, -0.2) is 4.79 Å². The molecule has 0 saturated carbocycles. The van der Waals surface area contributed by atoms with Crippen molar-refractivity contribution in [3.63, 3.8) is 0 Å². The van der Waals surface area contributed by atoms with Gasteiger partial charge in [0.1, 0.15) is 0 Å². The van der Waals surface area contributed by atoms with Crippen molar-refractivity contribution in [2.24, 2.45) is 0 Å². The fraction of sp³-hybridized carbons (Fsp3) is 0.105. The Hall–Kier alpha value is -2.56. The second-order valence-corrected chi connectivity index (χ2v) is 6.72. The predicted octanol–water partition coefficient (Wildman–Crippen LogP) is 4.45. The Balaban J connectivity index is 1.44. The smallest absolute Gasteiger partial charge is 0.340 e. The molecule has 5 nitrogen and oxygen atoms in total. The van der Waals surface area contributed by atoms with Crippen molar-refractivity contribution in [3.8, 4) is 23.3 Å². The van der Waals surface area contributed by atoms with E-state index < -0.39 is 5.97 Å². The summed E-state index contributed by atoms with van der Waals surface area (Å²) in [7, 11) is 0. The van der Waals surface area contributed by atoms with Crippen LogP contribution >= 0.6 is 27.7 Å². The molecule has 0 amide bonds. The van der Waals surface area contributed by atoms with E-state index in [0.29, 0.717) is 26.9 Å². The molecule has 0 atom stereocenters. The number of carbonyl (C=O) groups is 1. The van der Waals surface area contributed by atoms with Gasteiger partial charge in [-0.1, -0.05) is 53.9 Å². The van der Waals surface area contributed by atoms with E-state index >= 15 is 0 Å². The number of nitrogens with zero attached hydrogens (tertiary/aromatic N) is 2. The molecule has 0 aliphatic heterocycles. The predicted molar refractivity (Wildman–Crippen MR) is 103 cm³/mol. The van der Waals surface area contributed by atoms with Crippen molar-refractivity contribution in [2.45, 2.75) is 5.22 Å². The Morgan fingerprint density at radius 1 is 1.08 bits per heavy atom. The van der Waals surface area contributed by atoms with Crippen LogP contribution in [-0.4, -0.2) is 28.5 Å². The van der Waals surface area contributed by atoms with E-state index in [1.54, 1.807) is 18.2 Å². The number of hydrogen-bond acceptors (Lipinski definition) is 6. The van der Waals surface area contributed by atoms with Crippen molar-refractivity contribution in [1.82, 2.24) is 10.2 Å². The summed E-state index contributed by atoms with van der Waals surface area (Å²) in [4.78, 5) is 11.9. The third-order valence-corrected chi connectivity index (χ3v) is 4.58. The molecule has 2 aromatic carbocycles. The van der Waals surface area contributed by atoms with Crippen molar-refractivity contribution in [3.05, 3.63) is 64.6 Å². The number of aromatic nitrogens is 2. The molecule has 130 valence electrons. The van der Waals surface area contributed by atoms with E-state index in [1.807, 2.05) is 36.4 Å². The summed E-state index contributed by atoms with van der Waals surface area (Å²) in [5.74, 6) is 6.22. The number of esters is 1. The second-order valence-electron chi connectivity index (χ2n) is 4.94. The fourth-order valence-corrected chi connectivity index (χ4v) is 2.95. The standard InChI is InChI=1S/C19H13BrN2O3S/c20-16-11-5-4-10-15(16)18(23)24-12-6-7-13-26-19-22-21-17(25-19)14-8-2-1-3-9-14/h1-5,8-11H,12-13H2. The summed E-state index contributed by atoms with van der Waals surface area (Å²) < 4.78 is 11.4. The van der Waals surface area contributed by atoms with Crippen LogP contribution in [0.5, 0.6) is 0 Å². The molecular weight excluding hydrogens is 416 g/mol. The van der Waals surface area contributed by atoms with Crippen LogP contribution in [0.25, 0.3) is 11.5 Å². The zero-order chi connectivity index (χ0) is 18.2. The number of benzene rings is 2. The highest BCUT2D eigenvalue weighted by atomic mass is 79.9. The van der Waals surface area contributed by atoms with Gasteiger partial charge in [0.05, 0.1) is 11.3 Å². The number of carbonyl (C=O) groups excluding carboxylic acids is 1. The lowest BCUT2D eigenvalue weighted by Crippen LogP contribution is -2.06. The third kappa shape index (κ3) is 4.97. The number of halogens is 1. The lowest BCUT2D eigenvalue weighted by Gasteiger charge is -2.02. The van der Waals surface area contributed by atoms with Gasteiger partial charge in [-0.2, -0.15) is 0 Å². The van der Waals surface area contributed by atoms with Gasteiger partial charge in [-0.05, 0) is 40.2 Å². The number of ether oxygens (including phenoxy) is 1. The number of thioether (sulfide) groups is 1. The summed E-state index contributed by atoms with van der Waals surface area (Å²) in [6.45, 7) is 0.0276. The molecule has 3 rings (SSSR count). The molecule has 1 heterocycles. The molecular formula is C19H13BrN2O3S. The number of hydrogen-bond donors (Lipinski definition) is 0. The monoisotopic (exact) mass is 428 g/mol. The van der Waals surface area contributed by atoms with Crippen LogP contribution in [0, 0.1) is 11.8 Å². The molecule has 0 radical (unpaired) electrons. The second kappa shape index (κ2) is 9.22. The Morgan fingerprint density at radius 2 is 1.85 bits per heavy atom. The van der Waals surface area contributed by atoms with E-state index in [1.165, 1.54) is 11.8 Å². The molecule has 7 heteroatoms. The van der Waals surface area contributed by atoms with Gasteiger partial charge >= 0.3 is 5.97 Å². The summed E-state index contributed by atoms with van der Waals surface area (Å²) in [5.41, 5.74) is 1.35. The highest BCUT2D eigenvalue weighted by Crippen LogP contribution is 2.22. The van der Waals surface area contributed by atoms with E-state index in [-0.39, 0.29) is 6.61 Å². The molecule has 0 N–H and O–H groups in total. The molecule has 3 aromatic rings. The van der Waals surface area contributed by atoms with Crippen LogP contribution in [0.1, 0.15) is 10.4 Å². The van der Waals surface area contributed by atoms with Gasteiger partial charge in [-0.15, -0.1) is 10.2 Å². The van der Waals surface area contributed by atoms with Crippen LogP contribution < -0.4 is 0 Å². The van der Waals surface area contributed by atoms with Gasteiger partial charge in [0.15, 0.2) is 6.61 Å². The topological polar surface area (TPSA) is 65.2 Å². The van der Waals surface area contributed by atoms with Crippen LogP contribution in [-0.2, 0) is 4.74 Å². The minimum Gasteiger partial charge on any atom is -0.449 e. The first-order chi connectivity index (χ1) is 12.7. The summed E-state index contributed by atoms with van der Waals surface area (Å²) in [6, 6.07) is 16.6. The molecule has 0 aliphatic rings. The fourth-order valence-electron chi connectivity index (χ4n) is 1.97. The van der Waals surface area contributed by atoms with Crippen LogP contribution in [0.4, 0.5) is 0 Å². The maximum Gasteiger partial charge on any atom is 0.340 e. The van der Waals surface area contributed by atoms with Crippen LogP contribution in [0.2, 0.25) is 0 Å². The molecule has 0 unspecified atom stereocenters. The van der Waals surface area contributed by atoms with E-state index in [0.717, 1.165) is 5.56 Å². The molecule has 0 aliphatic carbocycles. The largest absolute Gasteiger partial charge is 0.449 e. The van der Waals surface area contributed by atoms with Crippen molar-refractivity contribution < 1.29 is 13.9 Å². The lowest BCUT2D eigenvalue weighted by atomic mass is 10.2. The highest BCUT2D eigenvalue weighted by Gasteiger charge is 2.09. The SMILES string of the molecule is O=C(OCC#CCSc1nnc(-c2ccccc2)o1)c1ccccc1Br.